The maximum Gasteiger partial charge on any atom is 0.246 e. The number of nitrogens with zero attached hydrogens (tertiary/aromatic N) is 1. The van der Waals surface area contributed by atoms with Crippen LogP contribution in [0, 0.1) is 12.8 Å². The Labute approximate surface area is 198 Å². The fourth-order valence-electron chi connectivity index (χ4n) is 3.44. The molecule has 1 fully saturated rings. The number of nitrogens with one attached hydrogen (secondary N) is 2. The standard InChI is InChI=1S/C22H25Cl2N3O4S/c1-14-3-6-18(7-4-14)32(30,31)27-11-9-16(10-12-27)22(29)25-15(2)21(28)26-17-5-8-19(23)20(24)13-17/h3-8,13,15-16H,9-12H2,1-2H3,(H,25,29)(H,26,28). The molecule has 0 radical (unpaired) electrons. The molecule has 0 saturated carbocycles. The van der Waals surface area contributed by atoms with Crippen LogP contribution in [0.3, 0.4) is 0 Å². The normalized spacial score (nSPS) is 16.4. The average Bonchev–Trinajstić information content (AvgIpc) is 2.76. The Kier molecular flexibility index (Phi) is 7.82. The molecule has 1 unspecified atom stereocenters. The van der Waals surface area contributed by atoms with E-state index in [2.05, 4.69) is 10.6 Å². The minimum Gasteiger partial charge on any atom is -0.344 e. The molecular weight excluding hydrogens is 473 g/mol. The third kappa shape index (κ3) is 5.81. The lowest BCUT2D eigenvalue weighted by Gasteiger charge is -2.31. The first kappa shape index (κ1) is 24.5. The summed E-state index contributed by atoms with van der Waals surface area (Å²) in [7, 11) is -3.59. The van der Waals surface area contributed by atoms with E-state index in [0.717, 1.165) is 5.56 Å². The molecule has 1 heterocycles. The van der Waals surface area contributed by atoms with Crippen molar-refractivity contribution in [2.45, 2.75) is 37.6 Å². The van der Waals surface area contributed by atoms with Crippen LogP contribution in [-0.4, -0.2) is 43.7 Å². The molecule has 2 N–H and O–H groups in total. The average molecular weight is 498 g/mol. The van der Waals surface area contributed by atoms with Crippen LogP contribution in [0.15, 0.2) is 47.4 Å². The van der Waals surface area contributed by atoms with Crippen LogP contribution < -0.4 is 10.6 Å². The maximum atomic E-state index is 12.8. The summed E-state index contributed by atoms with van der Waals surface area (Å²) in [4.78, 5) is 25.3. The minimum atomic E-state index is -3.59. The molecule has 2 aromatic carbocycles. The van der Waals surface area contributed by atoms with Crippen LogP contribution in [0.5, 0.6) is 0 Å². The van der Waals surface area contributed by atoms with Gasteiger partial charge in [0.15, 0.2) is 0 Å². The number of hydrogen-bond acceptors (Lipinski definition) is 4. The van der Waals surface area contributed by atoms with Gasteiger partial charge in [0.25, 0.3) is 0 Å². The lowest BCUT2D eigenvalue weighted by atomic mass is 9.97. The van der Waals surface area contributed by atoms with Gasteiger partial charge in [0.1, 0.15) is 6.04 Å². The summed E-state index contributed by atoms with van der Waals surface area (Å²) < 4.78 is 27.0. The van der Waals surface area contributed by atoms with Gasteiger partial charge in [0, 0.05) is 24.7 Å². The first-order chi connectivity index (χ1) is 15.1. The first-order valence-corrected chi connectivity index (χ1v) is 12.4. The van der Waals surface area contributed by atoms with Gasteiger partial charge in [-0.15, -0.1) is 0 Å². The van der Waals surface area contributed by atoms with E-state index in [9.17, 15) is 18.0 Å². The van der Waals surface area contributed by atoms with Gasteiger partial charge in [0.2, 0.25) is 21.8 Å². The number of anilines is 1. The number of benzene rings is 2. The highest BCUT2D eigenvalue weighted by Gasteiger charge is 2.32. The topological polar surface area (TPSA) is 95.6 Å². The van der Waals surface area contributed by atoms with E-state index >= 15 is 0 Å². The molecule has 7 nitrogen and oxygen atoms in total. The van der Waals surface area contributed by atoms with Gasteiger partial charge in [-0.3, -0.25) is 9.59 Å². The predicted octanol–water partition coefficient (Wildman–Crippen LogP) is 3.85. The molecule has 1 aliphatic rings. The Hall–Kier alpha value is -2.13. The van der Waals surface area contributed by atoms with Crippen molar-refractivity contribution in [3.05, 3.63) is 58.1 Å². The Morgan fingerprint density at radius 2 is 1.66 bits per heavy atom. The van der Waals surface area contributed by atoms with E-state index in [1.807, 2.05) is 6.92 Å². The summed E-state index contributed by atoms with van der Waals surface area (Å²) in [6.07, 6.45) is 0.774. The minimum absolute atomic E-state index is 0.248. The van der Waals surface area contributed by atoms with Crippen LogP contribution in [0.4, 0.5) is 5.69 Å². The molecule has 0 aromatic heterocycles. The molecule has 3 rings (SSSR count). The summed E-state index contributed by atoms with van der Waals surface area (Å²) in [5, 5.41) is 6.08. The van der Waals surface area contributed by atoms with Gasteiger partial charge in [-0.2, -0.15) is 4.31 Å². The van der Waals surface area contributed by atoms with Crippen molar-refractivity contribution in [2.75, 3.05) is 18.4 Å². The van der Waals surface area contributed by atoms with Crippen LogP contribution >= 0.6 is 23.2 Å². The van der Waals surface area contributed by atoms with Crippen molar-refractivity contribution in [2.24, 2.45) is 5.92 Å². The second kappa shape index (κ2) is 10.2. The Morgan fingerprint density at radius 3 is 2.25 bits per heavy atom. The molecule has 0 bridgehead atoms. The Balaban J connectivity index is 1.53. The number of carbonyl (C=O) groups excluding carboxylic acids is 2. The number of amides is 2. The van der Waals surface area contributed by atoms with Gasteiger partial charge in [-0.05, 0) is 57.0 Å². The SMILES string of the molecule is Cc1ccc(S(=O)(=O)N2CCC(C(=O)NC(C)C(=O)Nc3ccc(Cl)c(Cl)c3)CC2)cc1. The summed E-state index contributed by atoms with van der Waals surface area (Å²) in [5.74, 6) is -1.02. The predicted molar refractivity (Wildman–Crippen MR) is 125 cm³/mol. The second-order valence-corrected chi connectivity index (χ2v) is 10.6. The maximum absolute atomic E-state index is 12.8. The molecular formula is C22H25Cl2N3O4S. The molecule has 1 atom stereocenters. The third-order valence-electron chi connectivity index (χ3n) is 5.42. The molecule has 0 aliphatic carbocycles. The fraction of sp³-hybridized carbons (Fsp3) is 0.364. The molecule has 1 aliphatic heterocycles. The van der Waals surface area contributed by atoms with Gasteiger partial charge in [0.05, 0.1) is 14.9 Å². The highest BCUT2D eigenvalue weighted by Crippen LogP contribution is 2.26. The zero-order chi connectivity index (χ0) is 23.5. The van der Waals surface area contributed by atoms with Crippen LogP contribution in [0.2, 0.25) is 10.0 Å². The lowest BCUT2D eigenvalue weighted by Crippen LogP contribution is -2.47. The molecule has 32 heavy (non-hydrogen) atoms. The zero-order valence-electron chi connectivity index (χ0n) is 17.8. The summed E-state index contributed by atoms with van der Waals surface area (Å²) in [5.41, 5.74) is 1.46. The highest BCUT2D eigenvalue weighted by atomic mass is 35.5. The lowest BCUT2D eigenvalue weighted by molar-refractivity contribution is -0.129. The third-order valence-corrected chi connectivity index (χ3v) is 8.07. The van der Waals surface area contributed by atoms with Gasteiger partial charge >= 0.3 is 0 Å². The van der Waals surface area contributed by atoms with Crippen LogP contribution in [0.25, 0.3) is 0 Å². The van der Waals surface area contributed by atoms with Crippen molar-refractivity contribution >= 4 is 50.7 Å². The quantitative estimate of drug-likeness (QED) is 0.633. The Morgan fingerprint density at radius 1 is 1.03 bits per heavy atom. The number of hydrogen-bond donors (Lipinski definition) is 2. The van der Waals surface area contributed by atoms with Crippen molar-refractivity contribution in [3.8, 4) is 0 Å². The number of aryl methyl sites for hydroxylation is 1. The molecule has 10 heteroatoms. The number of carbonyl (C=O) groups is 2. The molecule has 1 saturated heterocycles. The van der Waals surface area contributed by atoms with Gasteiger partial charge in [-0.25, -0.2) is 8.42 Å². The fourth-order valence-corrected chi connectivity index (χ4v) is 5.21. The van der Waals surface area contributed by atoms with E-state index < -0.39 is 22.0 Å². The van der Waals surface area contributed by atoms with Crippen molar-refractivity contribution in [1.29, 1.82) is 0 Å². The largest absolute Gasteiger partial charge is 0.344 e. The van der Waals surface area contributed by atoms with E-state index in [-0.39, 0.29) is 29.8 Å². The van der Waals surface area contributed by atoms with Gasteiger partial charge in [-0.1, -0.05) is 40.9 Å². The summed E-state index contributed by atoms with van der Waals surface area (Å²) >= 11 is 11.8. The first-order valence-electron chi connectivity index (χ1n) is 10.2. The van der Waals surface area contributed by atoms with E-state index in [1.54, 1.807) is 43.3 Å². The Bertz CT molecular complexity index is 1100. The van der Waals surface area contributed by atoms with E-state index in [0.29, 0.717) is 28.6 Å². The van der Waals surface area contributed by atoms with E-state index in [4.69, 9.17) is 23.2 Å². The van der Waals surface area contributed by atoms with Gasteiger partial charge < -0.3 is 10.6 Å². The molecule has 0 spiro atoms. The summed E-state index contributed by atoms with van der Waals surface area (Å²) in [6.45, 7) is 3.98. The monoisotopic (exact) mass is 497 g/mol. The number of sulfonamides is 1. The number of rotatable bonds is 6. The molecule has 172 valence electrons. The molecule has 2 amide bonds. The van der Waals surface area contributed by atoms with Crippen LogP contribution in [-0.2, 0) is 19.6 Å². The van der Waals surface area contributed by atoms with Crippen molar-refractivity contribution < 1.29 is 18.0 Å². The van der Waals surface area contributed by atoms with Crippen molar-refractivity contribution in [1.82, 2.24) is 9.62 Å². The highest BCUT2D eigenvalue weighted by molar-refractivity contribution is 7.89. The summed E-state index contributed by atoms with van der Waals surface area (Å²) in [6, 6.07) is 10.7. The van der Waals surface area contributed by atoms with Crippen LogP contribution in [0.1, 0.15) is 25.3 Å². The number of halogens is 2. The van der Waals surface area contributed by atoms with Crippen molar-refractivity contribution in [3.63, 3.8) is 0 Å². The molecule has 2 aromatic rings. The van der Waals surface area contributed by atoms with E-state index in [1.165, 1.54) is 10.4 Å². The zero-order valence-corrected chi connectivity index (χ0v) is 20.1. The second-order valence-electron chi connectivity index (χ2n) is 7.84. The number of piperidine rings is 1. The smallest absolute Gasteiger partial charge is 0.246 e.